The molecule has 0 radical (unpaired) electrons. The molecule has 1 N–H and O–H groups in total. The summed E-state index contributed by atoms with van der Waals surface area (Å²) in [5.74, 6) is 0.257. The molecule has 0 unspecified atom stereocenters. The lowest BCUT2D eigenvalue weighted by atomic mass is 10.1. The second kappa shape index (κ2) is 9.26. The Balaban J connectivity index is 1.51. The van der Waals surface area contributed by atoms with Gasteiger partial charge in [-0.05, 0) is 55.3 Å². The molecule has 1 fully saturated rings. The maximum atomic E-state index is 12.1. The van der Waals surface area contributed by atoms with Crippen LogP contribution in [0.15, 0.2) is 42.5 Å². The van der Waals surface area contributed by atoms with Crippen LogP contribution in [-0.4, -0.2) is 30.5 Å². The van der Waals surface area contributed by atoms with Gasteiger partial charge in [0.25, 0.3) is 5.91 Å². The minimum atomic E-state index is -0.188. The Labute approximate surface area is 164 Å². The molecule has 1 amide bonds. The molecule has 1 saturated heterocycles. The van der Waals surface area contributed by atoms with Crippen LogP contribution in [0.4, 0.5) is 0 Å². The predicted octanol–water partition coefficient (Wildman–Crippen LogP) is 4.28. The predicted molar refractivity (Wildman–Crippen MR) is 105 cm³/mol. The van der Waals surface area contributed by atoms with Crippen molar-refractivity contribution in [1.29, 1.82) is 0 Å². The number of ether oxygens (including phenoxy) is 1. The molecule has 2 aromatic rings. The molecule has 0 aromatic heterocycles. The summed E-state index contributed by atoms with van der Waals surface area (Å²) in [7, 11) is 0. The molecule has 0 atom stereocenters. The molecule has 3 rings (SSSR count). The molecule has 138 valence electrons. The average molecular weight is 393 g/mol. The summed E-state index contributed by atoms with van der Waals surface area (Å²) in [4.78, 5) is 14.6. The van der Waals surface area contributed by atoms with Crippen LogP contribution in [0.3, 0.4) is 0 Å². The molecule has 0 aliphatic carbocycles. The zero-order valence-corrected chi connectivity index (χ0v) is 16.0. The van der Waals surface area contributed by atoms with Crippen LogP contribution in [-0.2, 0) is 17.9 Å². The van der Waals surface area contributed by atoms with Crippen LogP contribution >= 0.6 is 23.2 Å². The van der Waals surface area contributed by atoms with Gasteiger partial charge in [0.2, 0.25) is 0 Å². The summed E-state index contributed by atoms with van der Waals surface area (Å²) >= 11 is 11.9. The number of likely N-dealkylation sites (tertiary alicyclic amines) is 1. The van der Waals surface area contributed by atoms with E-state index < -0.39 is 0 Å². The number of rotatable bonds is 7. The Morgan fingerprint density at radius 1 is 1.08 bits per heavy atom. The first-order chi connectivity index (χ1) is 12.6. The summed E-state index contributed by atoms with van der Waals surface area (Å²) in [5, 5.41) is 3.83. The molecule has 6 heteroatoms. The summed E-state index contributed by atoms with van der Waals surface area (Å²) in [5.41, 5.74) is 2.40. The molecule has 4 nitrogen and oxygen atoms in total. The summed E-state index contributed by atoms with van der Waals surface area (Å²) in [6.07, 6.45) is 2.53. The van der Waals surface area contributed by atoms with Crippen molar-refractivity contribution in [3.63, 3.8) is 0 Å². The summed E-state index contributed by atoms with van der Waals surface area (Å²) < 4.78 is 5.47. The third-order valence-electron chi connectivity index (χ3n) is 4.44. The van der Waals surface area contributed by atoms with Gasteiger partial charge in [0.15, 0.2) is 6.61 Å². The van der Waals surface area contributed by atoms with Crippen molar-refractivity contribution >= 4 is 29.1 Å². The lowest BCUT2D eigenvalue weighted by Gasteiger charge is -2.17. The first-order valence-corrected chi connectivity index (χ1v) is 9.51. The van der Waals surface area contributed by atoms with Gasteiger partial charge >= 0.3 is 0 Å². The third-order valence-corrected chi connectivity index (χ3v) is 4.97. The number of halogens is 2. The zero-order valence-electron chi connectivity index (χ0n) is 14.5. The number of hydrogen-bond acceptors (Lipinski definition) is 3. The minimum absolute atomic E-state index is 0.0877. The van der Waals surface area contributed by atoms with Gasteiger partial charge in [-0.15, -0.1) is 0 Å². The van der Waals surface area contributed by atoms with Gasteiger partial charge in [-0.3, -0.25) is 9.69 Å². The highest BCUT2D eigenvalue weighted by molar-refractivity contribution is 6.35. The van der Waals surface area contributed by atoms with E-state index in [2.05, 4.69) is 22.3 Å². The molecule has 26 heavy (non-hydrogen) atoms. The molecular weight excluding hydrogens is 371 g/mol. The highest BCUT2D eigenvalue weighted by Gasteiger charge is 2.14. The SMILES string of the molecule is O=C(COc1ccc(Cl)cc1Cl)NCc1ccccc1CN1CCCC1. The van der Waals surface area contributed by atoms with Crippen LogP contribution in [0.1, 0.15) is 24.0 Å². The van der Waals surface area contributed by atoms with Crippen LogP contribution < -0.4 is 10.1 Å². The first kappa shape index (κ1) is 19.0. The Kier molecular flexibility index (Phi) is 6.78. The first-order valence-electron chi connectivity index (χ1n) is 8.75. The molecule has 0 saturated carbocycles. The topological polar surface area (TPSA) is 41.6 Å². The van der Waals surface area contributed by atoms with Gasteiger partial charge < -0.3 is 10.1 Å². The minimum Gasteiger partial charge on any atom is -0.482 e. The summed E-state index contributed by atoms with van der Waals surface area (Å²) in [6, 6.07) is 13.2. The average Bonchev–Trinajstić information content (AvgIpc) is 3.13. The Morgan fingerprint density at radius 3 is 2.54 bits per heavy atom. The lowest BCUT2D eigenvalue weighted by Crippen LogP contribution is -2.29. The van der Waals surface area contributed by atoms with Crippen LogP contribution in [0.5, 0.6) is 5.75 Å². The van der Waals surface area contributed by atoms with E-state index in [1.54, 1.807) is 18.2 Å². The van der Waals surface area contributed by atoms with Gasteiger partial charge in [0, 0.05) is 18.1 Å². The molecule has 1 aliphatic rings. The quantitative estimate of drug-likeness (QED) is 0.763. The van der Waals surface area contributed by atoms with E-state index in [4.69, 9.17) is 27.9 Å². The smallest absolute Gasteiger partial charge is 0.258 e. The van der Waals surface area contributed by atoms with E-state index in [0.29, 0.717) is 22.3 Å². The van der Waals surface area contributed by atoms with Gasteiger partial charge in [0.05, 0.1) is 5.02 Å². The van der Waals surface area contributed by atoms with Crippen molar-refractivity contribution in [2.75, 3.05) is 19.7 Å². The van der Waals surface area contributed by atoms with E-state index in [1.165, 1.54) is 18.4 Å². The molecule has 0 bridgehead atoms. The van der Waals surface area contributed by atoms with Crippen molar-refractivity contribution < 1.29 is 9.53 Å². The number of hydrogen-bond donors (Lipinski definition) is 1. The van der Waals surface area contributed by atoms with Gasteiger partial charge in [-0.2, -0.15) is 0 Å². The third kappa shape index (κ3) is 5.37. The monoisotopic (exact) mass is 392 g/mol. The Morgan fingerprint density at radius 2 is 1.81 bits per heavy atom. The van der Waals surface area contributed by atoms with E-state index >= 15 is 0 Å². The number of amides is 1. The zero-order chi connectivity index (χ0) is 18.4. The number of carbonyl (C=O) groups excluding carboxylic acids is 1. The fourth-order valence-electron chi connectivity index (χ4n) is 3.05. The number of benzene rings is 2. The molecule has 1 heterocycles. The molecule has 2 aromatic carbocycles. The van der Waals surface area contributed by atoms with Crippen LogP contribution in [0, 0.1) is 0 Å². The van der Waals surface area contributed by atoms with Gasteiger partial charge in [0.1, 0.15) is 5.75 Å². The molecular formula is C20H22Cl2N2O2. The van der Waals surface area contributed by atoms with E-state index in [-0.39, 0.29) is 12.5 Å². The molecule has 0 spiro atoms. The maximum Gasteiger partial charge on any atom is 0.258 e. The van der Waals surface area contributed by atoms with Crippen LogP contribution in [0.2, 0.25) is 10.0 Å². The highest BCUT2D eigenvalue weighted by Crippen LogP contribution is 2.27. The fourth-order valence-corrected chi connectivity index (χ4v) is 3.51. The Hall–Kier alpha value is -1.75. The lowest BCUT2D eigenvalue weighted by molar-refractivity contribution is -0.123. The van der Waals surface area contributed by atoms with Crippen molar-refractivity contribution in [1.82, 2.24) is 10.2 Å². The van der Waals surface area contributed by atoms with Crippen molar-refractivity contribution in [2.45, 2.75) is 25.9 Å². The summed E-state index contributed by atoms with van der Waals surface area (Å²) in [6.45, 7) is 3.63. The van der Waals surface area contributed by atoms with Gasteiger partial charge in [-0.25, -0.2) is 0 Å². The van der Waals surface area contributed by atoms with Crippen molar-refractivity contribution in [3.8, 4) is 5.75 Å². The number of carbonyl (C=O) groups is 1. The standard InChI is InChI=1S/C20H22Cl2N2O2/c21-17-7-8-19(18(22)11-17)26-14-20(25)23-12-15-5-1-2-6-16(15)13-24-9-3-4-10-24/h1-2,5-8,11H,3-4,9-10,12-14H2,(H,23,25). The van der Waals surface area contributed by atoms with E-state index in [0.717, 1.165) is 25.2 Å². The van der Waals surface area contributed by atoms with E-state index in [9.17, 15) is 4.79 Å². The second-order valence-electron chi connectivity index (χ2n) is 6.39. The van der Waals surface area contributed by atoms with Crippen LogP contribution in [0.25, 0.3) is 0 Å². The van der Waals surface area contributed by atoms with Gasteiger partial charge in [-0.1, -0.05) is 47.5 Å². The number of nitrogens with zero attached hydrogens (tertiary/aromatic N) is 1. The maximum absolute atomic E-state index is 12.1. The second-order valence-corrected chi connectivity index (χ2v) is 7.24. The highest BCUT2D eigenvalue weighted by atomic mass is 35.5. The fraction of sp³-hybridized carbons (Fsp3) is 0.350. The Bertz CT molecular complexity index is 761. The van der Waals surface area contributed by atoms with Crippen molar-refractivity contribution in [2.24, 2.45) is 0 Å². The van der Waals surface area contributed by atoms with E-state index in [1.807, 2.05) is 12.1 Å². The molecule has 1 aliphatic heterocycles. The normalized spacial score (nSPS) is 14.4. The largest absolute Gasteiger partial charge is 0.482 e. The van der Waals surface area contributed by atoms with Crippen molar-refractivity contribution in [3.05, 3.63) is 63.6 Å². The number of nitrogens with one attached hydrogen (secondary N) is 1.